The highest BCUT2D eigenvalue weighted by atomic mass is 31.2. The molecule has 0 saturated carbocycles. The first-order chi connectivity index (χ1) is 43.9. The van der Waals surface area contributed by atoms with Crippen LogP contribution >= 0.6 is 15.6 Å². The van der Waals surface area contributed by atoms with E-state index in [4.69, 9.17) is 37.0 Å². The average molecular weight is 1340 g/mol. The Morgan fingerprint density at radius 3 is 0.780 bits per heavy atom. The number of phosphoric ester groups is 2. The second kappa shape index (κ2) is 64.1. The van der Waals surface area contributed by atoms with Crippen LogP contribution in [-0.4, -0.2) is 96.7 Å². The van der Waals surface area contributed by atoms with Gasteiger partial charge in [0.05, 0.1) is 26.4 Å². The van der Waals surface area contributed by atoms with E-state index in [1.165, 1.54) is 180 Å². The van der Waals surface area contributed by atoms with Crippen molar-refractivity contribution in [3.8, 4) is 0 Å². The number of aliphatic hydroxyl groups is 1. The minimum absolute atomic E-state index is 0.106. The van der Waals surface area contributed by atoms with Crippen LogP contribution in [0.25, 0.3) is 0 Å². The van der Waals surface area contributed by atoms with Gasteiger partial charge in [-0.3, -0.25) is 37.3 Å². The molecular formula is C72H140O17P2. The van der Waals surface area contributed by atoms with Gasteiger partial charge in [-0.05, 0) is 37.5 Å². The lowest BCUT2D eigenvalue weighted by Gasteiger charge is -2.21. The van der Waals surface area contributed by atoms with Crippen molar-refractivity contribution in [3.63, 3.8) is 0 Å². The molecular weight excluding hydrogens is 1200 g/mol. The standard InChI is InChI=1S/C72H140O17P2/c1-7-11-13-15-17-29-38-44-50-56-71(76)88-67(60-82-69(74)54-48-42-36-18-16-14-12-8-2)62-86-90(78,79)84-58-66(73)59-85-91(80,81)87-63-68(61-83-70(75)55-49-43-37-33-32-35-41-47-53-65(6)10-4)89-72(77)57-51-45-39-31-28-26-24-22-20-19-21-23-25-27-30-34-40-46-52-64(5)9-3/h64-68,73H,7-63H2,1-6H3,(H,78,79)(H,80,81)/t64?,65?,66-,67+,68+/m0/s1. The van der Waals surface area contributed by atoms with Crippen molar-refractivity contribution in [1.82, 2.24) is 0 Å². The monoisotopic (exact) mass is 1340 g/mol. The molecule has 0 fully saturated rings. The molecule has 0 bridgehead atoms. The summed E-state index contributed by atoms with van der Waals surface area (Å²) in [6.07, 6.45) is 50.1. The van der Waals surface area contributed by atoms with Crippen LogP contribution in [-0.2, 0) is 65.4 Å². The van der Waals surface area contributed by atoms with E-state index in [0.717, 1.165) is 108 Å². The van der Waals surface area contributed by atoms with Crippen molar-refractivity contribution in [2.75, 3.05) is 39.6 Å². The molecule has 4 unspecified atom stereocenters. The first-order valence-corrected chi connectivity index (χ1v) is 40.6. The predicted molar refractivity (Wildman–Crippen MR) is 368 cm³/mol. The van der Waals surface area contributed by atoms with Gasteiger partial charge in [0.15, 0.2) is 12.2 Å². The Labute approximate surface area is 556 Å². The van der Waals surface area contributed by atoms with Gasteiger partial charge in [0, 0.05) is 25.7 Å². The van der Waals surface area contributed by atoms with Gasteiger partial charge in [-0.15, -0.1) is 0 Å². The van der Waals surface area contributed by atoms with Crippen LogP contribution in [0.15, 0.2) is 0 Å². The highest BCUT2D eigenvalue weighted by Crippen LogP contribution is 2.45. The van der Waals surface area contributed by atoms with Gasteiger partial charge in [0.1, 0.15) is 19.3 Å². The van der Waals surface area contributed by atoms with E-state index in [9.17, 15) is 43.2 Å². The molecule has 0 aliphatic carbocycles. The number of hydrogen-bond acceptors (Lipinski definition) is 15. The predicted octanol–water partition coefficient (Wildman–Crippen LogP) is 20.8. The molecule has 0 radical (unpaired) electrons. The molecule has 17 nitrogen and oxygen atoms in total. The van der Waals surface area contributed by atoms with Crippen LogP contribution in [0.3, 0.4) is 0 Å². The zero-order valence-electron chi connectivity index (χ0n) is 59.1. The Morgan fingerprint density at radius 1 is 0.308 bits per heavy atom. The molecule has 0 aromatic rings. The number of ether oxygens (including phenoxy) is 4. The third-order valence-electron chi connectivity index (χ3n) is 17.4. The SMILES string of the molecule is CCCCCCCCCCCC(=O)O[C@H](COC(=O)CCCCCCCCCC)COP(=O)(O)OC[C@H](O)COP(=O)(O)OC[C@@H](COC(=O)CCCCCCCCCCC(C)CC)OC(=O)CCCCCCCCCCCCCCCCCCCCC(C)CC. The van der Waals surface area contributed by atoms with Crippen molar-refractivity contribution >= 4 is 39.5 Å². The molecule has 3 N–H and O–H groups in total. The zero-order chi connectivity index (χ0) is 67.2. The molecule has 0 heterocycles. The van der Waals surface area contributed by atoms with Gasteiger partial charge in [-0.1, -0.05) is 318 Å². The van der Waals surface area contributed by atoms with E-state index in [2.05, 4.69) is 41.5 Å². The van der Waals surface area contributed by atoms with Crippen LogP contribution in [0.2, 0.25) is 0 Å². The lowest BCUT2D eigenvalue weighted by atomic mass is 9.99. The molecule has 91 heavy (non-hydrogen) atoms. The van der Waals surface area contributed by atoms with E-state index in [-0.39, 0.29) is 25.7 Å². The molecule has 7 atom stereocenters. The van der Waals surface area contributed by atoms with E-state index in [1.54, 1.807) is 0 Å². The summed E-state index contributed by atoms with van der Waals surface area (Å²) in [6.45, 7) is 9.58. The van der Waals surface area contributed by atoms with E-state index < -0.39 is 97.5 Å². The highest BCUT2D eigenvalue weighted by molar-refractivity contribution is 7.47. The third-order valence-corrected chi connectivity index (χ3v) is 19.3. The second-order valence-corrected chi connectivity index (χ2v) is 29.4. The Kier molecular flexibility index (Phi) is 62.7. The van der Waals surface area contributed by atoms with E-state index in [1.807, 2.05) is 0 Å². The largest absolute Gasteiger partial charge is 0.472 e. The zero-order valence-corrected chi connectivity index (χ0v) is 60.9. The van der Waals surface area contributed by atoms with Crippen molar-refractivity contribution in [2.45, 2.75) is 387 Å². The number of carbonyl (C=O) groups is 4. The van der Waals surface area contributed by atoms with Crippen molar-refractivity contribution in [3.05, 3.63) is 0 Å². The maximum Gasteiger partial charge on any atom is 0.472 e. The molecule has 0 amide bonds. The summed E-state index contributed by atoms with van der Waals surface area (Å²) >= 11 is 0. The van der Waals surface area contributed by atoms with Gasteiger partial charge in [0.2, 0.25) is 0 Å². The first kappa shape index (κ1) is 89.1. The summed E-state index contributed by atoms with van der Waals surface area (Å²) < 4.78 is 68.2. The van der Waals surface area contributed by atoms with Crippen LogP contribution < -0.4 is 0 Å². The minimum Gasteiger partial charge on any atom is -0.462 e. The summed E-state index contributed by atoms with van der Waals surface area (Å²) in [7, 11) is -9.89. The fourth-order valence-electron chi connectivity index (χ4n) is 10.9. The number of aliphatic hydroxyl groups excluding tert-OH is 1. The summed E-state index contributed by atoms with van der Waals surface area (Å²) in [6, 6.07) is 0. The lowest BCUT2D eigenvalue weighted by molar-refractivity contribution is -0.161. The number of phosphoric acid groups is 2. The second-order valence-electron chi connectivity index (χ2n) is 26.5. The normalized spacial score (nSPS) is 14.7. The van der Waals surface area contributed by atoms with Crippen molar-refractivity contribution in [1.29, 1.82) is 0 Å². The fourth-order valence-corrected chi connectivity index (χ4v) is 12.5. The molecule has 19 heteroatoms. The summed E-state index contributed by atoms with van der Waals surface area (Å²) in [5, 5.41) is 10.6. The Bertz CT molecular complexity index is 1770. The van der Waals surface area contributed by atoms with Crippen LogP contribution in [0, 0.1) is 11.8 Å². The minimum atomic E-state index is -4.95. The summed E-state index contributed by atoms with van der Waals surface area (Å²) in [5.41, 5.74) is 0. The Hall–Kier alpha value is -1.94. The molecule has 0 aromatic heterocycles. The number of unbranched alkanes of at least 4 members (excludes halogenated alkanes) is 39. The molecule has 0 aliphatic rings. The van der Waals surface area contributed by atoms with Gasteiger partial charge in [-0.2, -0.15) is 0 Å². The molecule has 0 spiro atoms. The maximum atomic E-state index is 13.0. The maximum absolute atomic E-state index is 13.0. The van der Waals surface area contributed by atoms with Crippen molar-refractivity contribution in [2.24, 2.45) is 11.8 Å². The third kappa shape index (κ3) is 63.9. The van der Waals surface area contributed by atoms with Gasteiger partial charge in [-0.25, -0.2) is 9.13 Å². The van der Waals surface area contributed by atoms with Crippen molar-refractivity contribution < 1.29 is 80.2 Å². The quantitative estimate of drug-likeness (QED) is 0.0222. The smallest absolute Gasteiger partial charge is 0.462 e. The molecule has 0 rings (SSSR count). The summed E-state index contributed by atoms with van der Waals surface area (Å²) in [5.74, 6) is -0.478. The van der Waals surface area contributed by atoms with E-state index in [0.29, 0.717) is 25.7 Å². The van der Waals surface area contributed by atoms with Crippen LogP contribution in [0.4, 0.5) is 0 Å². The highest BCUT2D eigenvalue weighted by Gasteiger charge is 2.30. The number of hydrogen-bond donors (Lipinski definition) is 3. The molecule has 0 aliphatic heterocycles. The van der Waals surface area contributed by atoms with Crippen LogP contribution in [0.5, 0.6) is 0 Å². The summed E-state index contributed by atoms with van der Waals surface area (Å²) in [4.78, 5) is 72.4. The Balaban J connectivity index is 5.13. The van der Waals surface area contributed by atoms with Gasteiger partial charge < -0.3 is 33.8 Å². The number of carbonyl (C=O) groups excluding carboxylic acids is 4. The number of rotatable bonds is 71. The lowest BCUT2D eigenvalue weighted by Crippen LogP contribution is -2.30. The number of esters is 4. The molecule has 0 aromatic carbocycles. The molecule has 540 valence electrons. The Morgan fingerprint density at radius 2 is 0.527 bits per heavy atom. The van der Waals surface area contributed by atoms with Gasteiger partial charge >= 0.3 is 39.5 Å². The topological polar surface area (TPSA) is 237 Å². The van der Waals surface area contributed by atoms with E-state index >= 15 is 0 Å². The average Bonchev–Trinajstić information content (AvgIpc) is 3.55. The molecule has 0 saturated heterocycles. The van der Waals surface area contributed by atoms with Gasteiger partial charge in [0.25, 0.3) is 0 Å². The first-order valence-electron chi connectivity index (χ1n) is 37.6. The fraction of sp³-hybridized carbons (Fsp3) is 0.944. The van der Waals surface area contributed by atoms with Crippen LogP contribution in [0.1, 0.15) is 369 Å².